The van der Waals surface area contributed by atoms with Crippen molar-refractivity contribution < 1.29 is 9.84 Å². The number of aromatic nitrogens is 2. The maximum atomic E-state index is 10.4. The van der Waals surface area contributed by atoms with Gasteiger partial charge in [-0.25, -0.2) is 9.97 Å². The van der Waals surface area contributed by atoms with Crippen LogP contribution in [0.4, 0.5) is 0 Å². The van der Waals surface area contributed by atoms with Gasteiger partial charge in [0.15, 0.2) is 0 Å². The lowest BCUT2D eigenvalue weighted by Crippen LogP contribution is -2.41. The summed E-state index contributed by atoms with van der Waals surface area (Å²) in [4.78, 5) is 13.9. The molecule has 1 saturated heterocycles. The lowest BCUT2D eigenvalue weighted by atomic mass is 9.89. The van der Waals surface area contributed by atoms with Gasteiger partial charge in [0.1, 0.15) is 16.2 Å². The first kappa shape index (κ1) is 17.7. The van der Waals surface area contributed by atoms with Crippen molar-refractivity contribution in [1.29, 1.82) is 0 Å². The van der Waals surface area contributed by atoms with Crippen LogP contribution in [0.1, 0.15) is 23.8 Å². The van der Waals surface area contributed by atoms with Crippen LogP contribution in [0.5, 0.6) is 0 Å². The molecular formula is C18H25N3O2S2. The molecule has 2 aromatic heterocycles. The highest BCUT2D eigenvalue weighted by Crippen LogP contribution is 2.40. The third-order valence-corrected chi connectivity index (χ3v) is 7.34. The summed E-state index contributed by atoms with van der Waals surface area (Å²) >= 11 is 3.50. The van der Waals surface area contributed by atoms with Crippen LogP contribution in [0.3, 0.4) is 0 Å². The van der Waals surface area contributed by atoms with Crippen molar-refractivity contribution in [2.45, 2.75) is 37.3 Å². The number of nitrogens with zero attached hydrogens (tertiary/aromatic N) is 3. The molecule has 136 valence electrons. The van der Waals surface area contributed by atoms with Crippen molar-refractivity contribution in [3.8, 4) is 0 Å². The van der Waals surface area contributed by atoms with Gasteiger partial charge in [-0.3, -0.25) is 4.90 Å². The molecule has 4 rings (SSSR count). The van der Waals surface area contributed by atoms with E-state index in [9.17, 15) is 5.11 Å². The zero-order valence-corrected chi connectivity index (χ0v) is 16.2. The molecular weight excluding hydrogens is 354 g/mol. The number of hydrogen-bond acceptors (Lipinski definition) is 7. The van der Waals surface area contributed by atoms with Gasteiger partial charge in [0.2, 0.25) is 0 Å². The molecule has 2 atom stereocenters. The van der Waals surface area contributed by atoms with Crippen LogP contribution in [0.2, 0.25) is 0 Å². The number of fused-ring (bicyclic) bond motifs is 3. The molecule has 3 heterocycles. The number of hydrogen-bond donors (Lipinski definition) is 1. The minimum absolute atomic E-state index is 0.345. The summed E-state index contributed by atoms with van der Waals surface area (Å²) in [6.45, 7) is 6.41. The van der Waals surface area contributed by atoms with Crippen LogP contribution < -0.4 is 0 Å². The van der Waals surface area contributed by atoms with Crippen LogP contribution in [-0.2, 0) is 17.6 Å². The number of ether oxygens (including phenoxy) is 1. The summed E-state index contributed by atoms with van der Waals surface area (Å²) in [5, 5.41) is 12.7. The molecule has 0 spiro atoms. The van der Waals surface area contributed by atoms with Gasteiger partial charge in [-0.05, 0) is 30.7 Å². The average Bonchev–Trinajstić information content (AvgIpc) is 2.98. The van der Waals surface area contributed by atoms with E-state index in [1.54, 1.807) is 18.1 Å². The second-order valence-corrected chi connectivity index (χ2v) is 9.18. The SMILES string of the molecule is C[C@H]1CCc2c(sc3ncnc(SC[C@H](O)CN4CCOCC4)c23)C1. The van der Waals surface area contributed by atoms with Gasteiger partial charge < -0.3 is 9.84 Å². The van der Waals surface area contributed by atoms with Gasteiger partial charge >= 0.3 is 0 Å². The largest absolute Gasteiger partial charge is 0.391 e. The zero-order valence-electron chi connectivity index (χ0n) is 14.6. The molecule has 7 heteroatoms. The van der Waals surface area contributed by atoms with Crippen LogP contribution in [0.25, 0.3) is 10.2 Å². The Hall–Kier alpha value is -0.730. The van der Waals surface area contributed by atoms with Crippen molar-refractivity contribution in [1.82, 2.24) is 14.9 Å². The minimum atomic E-state index is -0.345. The highest BCUT2D eigenvalue weighted by molar-refractivity contribution is 7.99. The Bertz CT molecular complexity index is 730. The van der Waals surface area contributed by atoms with Crippen LogP contribution in [0, 0.1) is 5.92 Å². The smallest absolute Gasteiger partial charge is 0.128 e. The number of β-amino-alcohol motifs (C(OH)–C–C–N with tert-alkyl or cyclic N) is 1. The van der Waals surface area contributed by atoms with E-state index in [2.05, 4.69) is 21.8 Å². The maximum absolute atomic E-state index is 10.4. The fourth-order valence-corrected chi connectivity index (χ4v) is 6.02. The Labute approximate surface area is 156 Å². The van der Waals surface area contributed by atoms with E-state index in [0.29, 0.717) is 12.3 Å². The Morgan fingerprint density at radius 2 is 2.24 bits per heavy atom. The van der Waals surface area contributed by atoms with E-state index < -0.39 is 0 Å². The molecule has 5 nitrogen and oxygen atoms in total. The summed E-state index contributed by atoms with van der Waals surface area (Å²) in [6.07, 6.45) is 4.87. The number of thiophene rings is 1. The highest BCUT2D eigenvalue weighted by Gasteiger charge is 2.23. The second-order valence-electron chi connectivity index (χ2n) is 7.09. The van der Waals surface area contributed by atoms with Gasteiger partial charge in [-0.2, -0.15) is 0 Å². The third kappa shape index (κ3) is 4.01. The number of aliphatic hydroxyl groups is 1. The van der Waals surface area contributed by atoms with Gasteiger partial charge in [-0.15, -0.1) is 23.1 Å². The Morgan fingerprint density at radius 1 is 1.40 bits per heavy atom. The van der Waals surface area contributed by atoms with Crippen LogP contribution in [-0.4, -0.2) is 64.7 Å². The van der Waals surface area contributed by atoms with Crippen molar-refractivity contribution in [2.75, 3.05) is 38.6 Å². The standard InChI is InChI=1S/C18H25N3O2S2/c1-12-2-3-14-15(8-12)25-18-16(14)17(19-11-20-18)24-10-13(22)9-21-4-6-23-7-5-21/h11-13,22H,2-10H2,1H3/t12-,13+/m0/s1. The second kappa shape index (κ2) is 7.88. The number of rotatable bonds is 5. The molecule has 1 aliphatic heterocycles. The average molecular weight is 380 g/mol. The maximum Gasteiger partial charge on any atom is 0.128 e. The molecule has 0 saturated carbocycles. The molecule has 0 bridgehead atoms. The third-order valence-electron chi connectivity index (χ3n) is 5.04. The van der Waals surface area contributed by atoms with Gasteiger partial charge in [0, 0.05) is 35.7 Å². The minimum Gasteiger partial charge on any atom is -0.391 e. The number of morpholine rings is 1. The van der Waals surface area contributed by atoms with E-state index >= 15 is 0 Å². The van der Waals surface area contributed by atoms with Crippen molar-refractivity contribution in [2.24, 2.45) is 5.92 Å². The normalized spacial score (nSPS) is 22.9. The lowest BCUT2D eigenvalue weighted by molar-refractivity contribution is 0.0188. The number of aryl methyl sites for hydroxylation is 1. The van der Waals surface area contributed by atoms with Crippen LogP contribution in [0.15, 0.2) is 11.4 Å². The molecule has 1 fully saturated rings. The lowest BCUT2D eigenvalue weighted by Gasteiger charge is -2.28. The predicted octanol–water partition coefficient (Wildman–Crippen LogP) is 2.60. The summed E-state index contributed by atoms with van der Waals surface area (Å²) in [5.41, 5.74) is 1.46. The van der Waals surface area contributed by atoms with Gasteiger partial charge in [0.05, 0.1) is 19.3 Å². The van der Waals surface area contributed by atoms with E-state index in [4.69, 9.17) is 4.74 Å². The van der Waals surface area contributed by atoms with E-state index in [0.717, 1.165) is 48.5 Å². The molecule has 1 N–H and O–H groups in total. The molecule has 0 aromatic carbocycles. The Morgan fingerprint density at radius 3 is 3.08 bits per heavy atom. The monoisotopic (exact) mass is 379 g/mol. The number of aliphatic hydroxyl groups excluding tert-OH is 1. The quantitative estimate of drug-likeness (QED) is 0.637. The fraction of sp³-hybridized carbons (Fsp3) is 0.667. The summed E-state index contributed by atoms with van der Waals surface area (Å²) in [5.74, 6) is 1.43. The van der Waals surface area contributed by atoms with E-state index in [-0.39, 0.29) is 6.10 Å². The molecule has 0 unspecified atom stereocenters. The van der Waals surface area contributed by atoms with Gasteiger partial charge in [-0.1, -0.05) is 6.92 Å². The molecule has 25 heavy (non-hydrogen) atoms. The summed E-state index contributed by atoms with van der Waals surface area (Å²) < 4.78 is 5.37. The molecule has 2 aromatic rings. The van der Waals surface area contributed by atoms with E-state index in [1.165, 1.54) is 28.7 Å². The fourth-order valence-electron chi connectivity index (χ4n) is 3.67. The van der Waals surface area contributed by atoms with Crippen LogP contribution >= 0.6 is 23.1 Å². The highest BCUT2D eigenvalue weighted by atomic mass is 32.2. The van der Waals surface area contributed by atoms with Crippen molar-refractivity contribution in [3.63, 3.8) is 0 Å². The molecule has 0 amide bonds. The first-order chi connectivity index (χ1) is 12.2. The topological polar surface area (TPSA) is 58.5 Å². The van der Waals surface area contributed by atoms with Crippen molar-refractivity contribution in [3.05, 3.63) is 16.8 Å². The summed E-state index contributed by atoms with van der Waals surface area (Å²) in [6, 6.07) is 0. The Balaban J connectivity index is 1.46. The first-order valence-electron chi connectivity index (χ1n) is 9.07. The molecule has 1 aliphatic carbocycles. The Kier molecular flexibility index (Phi) is 5.57. The predicted molar refractivity (Wildman–Crippen MR) is 103 cm³/mol. The summed E-state index contributed by atoms with van der Waals surface area (Å²) in [7, 11) is 0. The molecule has 0 radical (unpaired) electrons. The molecule has 2 aliphatic rings. The number of thioether (sulfide) groups is 1. The first-order valence-corrected chi connectivity index (χ1v) is 10.9. The van der Waals surface area contributed by atoms with Crippen molar-refractivity contribution >= 4 is 33.3 Å². The van der Waals surface area contributed by atoms with Gasteiger partial charge in [0.25, 0.3) is 0 Å². The zero-order chi connectivity index (χ0) is 17.2. The van der Waals surface area contributed by atoms with E-state index in [1.807, 2.05) is 11.3 Å².